The molecule has 1 N–H and O–H groups in total. The molecule has 0 amide bonds. The monoisotopic (exact) mass is 277 g/mol. The fraction of sp³-hybridized carbons (Fsp3) is 0.500. The first-order chi connectivity index (χ1) is 7.79. The van der Waals surface area contributed by atoms with E-state index in [4.69, 9.17) is 4.74 Å². The minimum Gasteiger partial charge on any atom is -0.487 e. The van der Waals surface area contributed by atoms with Crippen LogP contribution in [0.1, 0.15) is 12.8 Å². The fourth-order valence-electron chi connectivity index (χ4n) is 1.80. The molecule has 0 radical (unpaired) electrons. The largest absolute Gasteiger partial charge is 0.487 e. The zero-order valence-electron chi connectivity index (χ0n) is 9.74. The van der Waals surface area contributed by atoms with Crippen LogP contribution >= 0.6 is 24.2 Å². The van der Waals surface area contributed by atoms with Crippen molar-refractivity contribution in [2.45, 2.75) is 23.8 Å². The van der Waals surface area contributed by atoms with Crippen LogP contribution in [0.4, 0.5) is 4.39 Å². The van der Waals surface area contributed by atoms with E-state index in [1.165, 1.54) is 17.8 Å². The van der Waals surface area contributed by atoms with Gasteiger partial charge in [0.2, 0.25) is 0 Å². The first-order valence-corrected chi connectivity index (χ1v) is 6.73. The Labute approximate surface area is 112 Å². The van der Waals surface area contributed by atoms with Crippen LogP contribution in [-0.2, 0) is 0 Å². The lowest BCUT2D eigenvalue weighted by atomic mass is 10.1. The maximum absolute atomic E-state index is 13.6. The lowest BCUT2D eigenvalue weighted by Crippen LogP contribution is -2.34. The van der Waals surface area contributed by atoms with Gasteiger partial charge < -0.3 is 10.1 Å². The van der Waals surface area contributed by atoms with Crippen LogP contribution in [0.2, 0.25) is 0 Å². The predicted molar refractivity (Wildman–Crippen MR) is 71.9 cm³/mol. The molecule has 96 valence electrons. The van der Waals surface area contributed by atoms with Gasteiger partial charge in [-0.2, -0.15) is 0 Å². The van der Waals surface area contributed by atoms with Crippen molar-refractivity contribution in [1.29, 1.82) is 0 Å². The van der Waals surface area contributed by atoms with Crippen LogP contribution in [0.3, 0.4) is 0 Å². The molecule has 1 aromatic rings. The summed E-state index contributed by atoms with van der Waals surface area (Å²) < 4.78 is 19.3. The number of hydrogen-bond acceptors (Lipinski definition) is 3. The van der Waals surface area contributed by atoms with Gasteiger partial charge >= 0.3 is 0 Å². The minimum absolute atomic E-state index is 0. The summed E-state index contributed by atoms with van der Waals surface area (Å²) in [6, 6.07) is 5.15. The summed E-state index contributed by atoms with van der Waals surface area (Å²) in [7, 11) is 0. The second-order valence-electron chi connectivity index (χ2n) is 3.86. The Balaban J connectivity index is 0.00000144. The molecule has 0 saturated carbocycles. The first kappa shape index (κ1) is 14.6. The maximum atomic E-state index is 13.6. The van der Waals surface area contributed by atoms with Gasteiger partial charge in [0.25, 0.3) is 0 Å². The van der Waals surface area contributed by atoms with Crippen molar-refractivity contribution in [3.05, 3.63) is 24.0 Å². The van der Waals surface area contributed by atoms with Crippen molar-refractivity contribution in [3.8, 4) is 5.75 Å². The average molecular weight is 278 g/mol. The van der Waals surface area contributed by atoms with E-state index in [0.29, 0.717) is 5.75 Å². The molecule has 1 fully saturated rings. The van der Waals surface area contributed by atoms with Crippen molar-refractivity contribution >= 4 is 24.2 Å². The van der Waals surface area contributed by atoms with Crippen molar-refractivity contribution < 1.29 is 9.13 Å². The van der Waals surface area contributed by atoms with Gasteiger partial charge in [0, 0.05) is 4.90 Å². The number of hydrogen-bond donors (Lipinski definition) is 1. The van der Waals surface area contributed by atoms with Crippen LogP contribution in [0.25, 0.3) is 0 Å². The van der Waals surface area contributed by atoms with E-state index < -0.39 is 0 Å². The molecule has 1 aromatic carbocycles. The fourth-order valence-corrected chi connectivity index (χ4v) is 2.22. The summed E-state index contributed by atoms with van der Waals surface area (Å²) in [5, 5.41) is 3.26. The van der Waals surface area contributed by atoms with Crippen molar-refractivity contribution in [2.24, 2.45) is 0 Å². The van der Waals surface area contributed by atoms with Gasteiger partial charge in [-0.25, -0.2) is 4.39 Å². The maximum Gasteiger partial charge on any atom is 0.166 e. The number of nitrogens with one attached hydrogen (secondary N) is 1. The number of thioether (sulfide) groups is 1. The van der Waals surface area contributed by atoms with Gasteiger partial charge in [0.15, 0.2) is 11.6 Å². The Morgan fingerprint density at radius 3 is 2.65 bits per heavy atom. The molecule has 0 spiro atoms. The van der Waals surface area contributed by atoms with E-state index in [9.17, 15) is 4.39 Å². The number of halogens is 2. The standard InChI is InChI=1S/C12H16FNOS.ClH/c1-16-10-2-3-12(11(13)8-10)15-9-4-6-14-7-5-9;/h2-3,8-9,14H,4-7H2,1H3;1H. The molecule has 1 aliphatic heterocycles. The van der Waals surface area contributed by atoms with E-state index in [-0.39, 0.29) is 24.3 Å². The summed E-state index contributed by atoms with van der Waals surface area (Å²) in [4.78, 5) is 0.926. The van der Waals surface area contributed by atoms with Crippen LogP contribution in [0.5, 0.6) is 5.75 Å². The third-order valence-corrected chi connectivity index (χ3v) is 3.44. The molecular weight excluding hydrogens is 261 g/mol. The number of benzene rings is 1. The zero-order chi connectivity index (χ0) is 11.4. The van der Waals surface area contributed by atoms with Crippen molar-refractivity contribution in [2.75, 3.05) is 19.3 Å². The Hall–Kier alpha value is -0.450. The lowest BCUT2D eigenvalue weighted by Gasteiger charge is -2.24. The number of rotatable bonds is 3. The third kappa shape index (κ3) is 4.05. The molecule has 2 nitrogen and oxygen atoms in total. The highest BCUT2D eigenvalue weighted by Crippen LogP contribution is 2.25. The van der Waals surface area contributed by atoms with E-state index in [0.717, 1.165) is 30.8 Å². The van der Waals surface area contributed by atoms with Gasteiger partial charge in [-0.1, -0.05) is 0 Å². The van der Waals surface area contributed by atoms with Crippen molar-refractivity contribution in [1.82, 2.24) is 5.32 Å². The van der Waals surface area contributed by atoms with Crippen LogP contribution in [0, 0.1) is 5.82 Å². The quantitative estimate of drug-likeness (QED) is 0.858. The molecule has 1 saturated heterocycles. The summed E-state index contributed by atoms with van der Waals surface area (Å²) >= 11 is 1.53. The molecule has 0 aliphatic carbocycles. The Morgan fingerprint density at radius 2 is 2.06 bits per heavy atom. The topological polar surface area (TPSA) is 21.3 Å². The SMILES string of the molecule is CSc1ccc(OC2CCNCC2)c(F)c1.Cl. The third-order valence-electron chi connectivity index (χ3n) is 2.72. The van der Waals surface area contributed by atoms with Gasteiger partial charge in [0.1, 0.15) is 6.10 Å². The van der Waals surface area contributed by atoms with Crippen molar-refractivity contribution in [3.63, 3.8) is 0 Å². The first-order valence-electron chi connectivity index (χ1n) is 5.50. The molecular formula is C12H17ClFNOS. The summed E-state index contributed by atoms with van der Waals surface area (Å²) in [5.41, 5.74) is 0. The summed E-state index contributed by atoms with van der Waals surface area (Å²) in [6.45, 7) is 1.91. The summed E-state index contributed by atoms with van der Waals surface area (Å²) in [5.74, 6) is 0.120. The van der Waals surface area contributed by atoms with E-state index >= 15 is 0 Å². The van der Waals surface area contributed by atoms with Crippen LogP contribution in [0.15, 0.2) is 23.1 Å². The Kier molecular flexibility index (Phi) is 6.09. The van der Waals surface area contributed by atoms with Gasteiger partial charge in [0.05, 0.1) is 0 Å². The second-order valence-corrected chi connectivity index (χ2v) is 4.74. The predicted octanol–water partition coefficient (Wildman–Crippen LogP) is 3.10. The van der Waals surface area contributed by atoms with Crippen LogP contribution < -0.4 is 10.1 Å². The molecule has 17 heavy (non-hydrogen) atoms. The van der Waals surface area contributed by atoms with E-state index in [1.54, 1.807) is 6.07 Å². The van der Waals surface area contributed by atoms with Gasteiger partial charge in [-0.3, -0.25) is 0 Å². The Morgan fingerprint density at radius 1 is 1.35 bits per heavy atom. The second kappa shape index (κ2) is 7.09. The normalized spacial score (nSPS) is 16.4. The van der Waals surface area contributed by atoms with E-state index in [2.05, 4.69) is 5.32 Å². The number of piperidine rings is 1. The molecule has 0 atom stereocenters. The molecule has 0 bridgehead atoms. The molecule has 0 aromatic heterocycles. The Bertz CT molecular complexity index is 358. The molecule has 2 rings (SSSR count). The molecule has 0 unspecified atom stereocenters. The highest BCUT2D eigenvalue weighted by Gasteiger charge is 2.16. The summed E-state index contributed by atoms with van der Waals surface area (Å²) in [6.07, 6.45) is 3.98. The highest BCUT2D eigenvalue weighted by molar-refractivity contribution is 7.98. The molecule has 1 aliphatic rings. The smallest absolute Gasteiger partial charge is 0.166 e. The number of ether oxygens (including phenoxy) is 1. The zero-order valence-corrected chi connectivity index (χ0v) is 11.4. The molecule has 5 heteroatoms. The van der Waals surface area contributed by atoms with Crippen LogP contribution in [-0.4, -0.2) is 25.4 Å². The average Bonchev–Trinajstić information content (AvgIpc) is 2.33. The lowest BCUT2D eigenvalue weighted by molar-refractivity contribution is 0.156. The van der Waals surface area contributed by atoms with Gasteiger partial charge in [-0.15, -0.1) is 24.2 Å². The molecule has 1 heterocycles. The van der Waals surface area contributed by atoms with E-state index in [1.807, 2.05) is 12.3 Å². The highest BCUT2D eigenvalue weighted by atomic mass is 35.5. The minimum atomic E-state index is -0.259. The van der Waals surface area contributed by atoms with Gasteiger partial charge in [-0.05, 0) is 50.4 Å².